The Kier molecular flexibility index (Phi) is 4.82. The molecule has 4 rings (SSSR count). The zero-order valence-corrected chi connectivity index (χ0v) is 15.2. The molecule has 3 saturated heterocycles. The first-order valence-electron chi connectivity index (χ1n) is 9.68. The lowest BCUT2D eigenvalue weighted by molar-refractivity contribution is -0.142. The van der Waals surface area contributed by atoms with Crippen LogP contribution in [0.3, 0.4) is 0 Å². The van der Waals surface area contributed by atoms with E-state index in [1.54, 1.807) is 6.26 Å². The molecule has 0 aromatic carbocycles. The van der Waals surface area contributed by atoms with Crippen molar-refractivity contribution in [1.29, 1.82) is 0 Å². The molecule has 6 nitrogen and oxygen atoms in total. The number of hydrogen-bond donors (Lipinski definition) is 0. The van der Waals surface area contributed by atoms with Gasteiger partial charge in [-0.05, 0) is 45.6 Å². The Hall–Kier alpha value is -1.40. The van der Waals surface area contributed by atoms with Gasteiger partial charge < -0.3 is 14.2 Å². The molecule has 4 heterocycles. The summed E-state index contributed by atoms with van der Waals surface area (Å²) in [7, 11) is 0. The highest BCUT2D eigenvalue weighted by atomic mass is 16.5. The maximum Gasteiger partial charge on any atom is 0.251 e. The number of carbonyl (C=O) groups is 1. The molecule has 0 bridgehead atoms. The molecule has 1 aromatic heterocycles. The van der Waals surface area contributed by atoms with Crippen LogP contribution in [-0.2, 0) is 16.1 Å². The summed E-state index contributed by atoms with van der Waals surface area (Å²) in [6.45, 7) is 7.58. The van der Waals surface area contributed by atoms with Crippen LogP contribution >= 0.6 is 0 Å². The van der Waals surface area contributed by atoms with Crippen molar-refractivity contribution in [2.45, 2.75) is 58.1 Å². The number of carbonyl (C=O) groups excluding carboxylic acids is 1. The average molecular weight is 347 g/mol. The van der Waals surface area contributed by atoms with Crippen molar-refractivity contribution in [2.75, 3.05) is 32.8 Å². The van der Waals surface area contributed by atoms with Crippen molar-refractivity contribution in [2.24, 2.45) is 5.41 Å². The Labute approximate surface area is 149 Å². The quantitative estimate of drug-likeness (QED) is 0.840. The second kappa shape index (κ2) is 7.08. The normalized spacial score (nSPS) is 30.9. The van der Waals surface area contributed by atoms with Crippen LogP contribution in [0.5, 0.6) is 0 Å². The smallest absolute Gasteiger partial charge is 0.251 e. The second-order valence-corrected chi connectivity index (χ2v) is 8.10. The summed E-state index contributed by atoms with van der Waals surface area (Å²) in [5, 5.41) is 3.99. The van der Waals surface area contributed by atoms with E-state index in [1.165, 1.54) is 24.8 Å². The highest BCUT2D eigenvalue weighted by Gasteiger charge is 2.42. The van der Waals surface area contributed by atoms with E-state index < -0.39 is 0 Å². The molecule has 25 heavy (non-hydrogen) atoms. The number of rotatable bonds is 3. The molecule has 6 heteroatoms. The van der Waals surface area contributed by atoms with Crippen LogP contribution in [0.15, 0.2) is 10.8 Å². The van der Waals surface area contributed by atoms with Gasteiger partial charge in [0.05, 0.1) is 5.69 Å². The van der Waals surface area contributed by atoms with E-state index in [0.29, 0.717) is 0 Å². The first-order valence-corrected chi connectivity index (χ1v) is 9.68. The standard InChI is InChI=1S/C19H29N3O3/c1-15-16(12-25-20-15)11-21-9-7-19(13-21)6-2-3-8-22(14-19)18(23)17-5-4-10-24-17/h12,17H,2-11,13-14H2,1H3. The predicted molar refractivity (Wildman–Crippen MR) is 93.0 cm³/mol. The fraction of sp³-hybridized carbons (Fsp3) is 0.789. The number of amides is 1. The third kappa shape index (κ3) is 3.60. The summed E-state index contributed by atoms with van der Waals surface area (Å²) in [6.07, 6.45) is 8.21. The number of hydrogen-bond acceptors (Lipinski definition) is 5. The van der Waals surface area contributed by atoms with E-state index >= 15 is 0 Å². The van der Waals surface area contributed by atoms with E-state index in [1.807, 2.05) is 6.92 Å². The minimum absolute atomic E-state index is 0.188. The molecule has 0 aliphatic carbocycles. The maximum atomic E-state index is 12.8. The van der Waals surface area contributed by atoms with E-state index in [0.717, 1.165) is 64.3 Å². The second-order valence-electron chi connectivity index (χ2n) is 8.10. The highest BCUT2D eigenvalue weighted by molar-refractivity contribution is 5.81. The monoisotopic (exact) mass is 347 g/mol. The summed E-state index contributed by atoms with van der Waals surface area (Å²) in [5.41, 5.74) is 2.41. The van der Waals surface area contributed by atoms with Gasteiger partial charge in [-0.3, -0.25) is 9.69 Å². The van der Waals surface area contributed by atoms with Crippen LogP contribution < -0.4 is 0 Å². The van der Waals surface area contributed by atoms with Gasteiger partial charge in [-0.2, -0.15) is 0 Å². The molecule has 3 fully saturated rings. The number of aryl methyl sites for hydroxylation is 1. The first kappa shape index (κ1) is 17.0. The summed E-state index contributed by atoms with van der Waals surface area (Å²) in [5.74, 6) is 0.229. The van der Waals surface area contributed by atoms with Gasteiger partial charge in [-0.15, -0.1) is 0 Å². The van der Waals surface area contributed by atoms with Gasteiger partial charge in [0.15, 0.2) is 0 Å². The van der Waals surface area contributed by atoms with Crippen LogP contribution in [0.2, 0.25) is 0 Å². The summed E-state index contributed by atoms with van der Waals surface area (Å²) >= 11 is 0. The Morgan fingerprint density at radius 2 is 2.20 bits per heavy atom. The summed E-state index contributed by atoms with van der Waals surface area (Å²) in [6, 6.07) is 0. The van der Waals surface area contributed by atoms with E-state index in [9.17, 15) is 4.79 Å². The molecule has 1 amide bonds. The van der Waals surface area contributed by atoms with Crippen molar-refractivity contribution in [3.05, 3.63) is 17.5 Å². The van der Waals surface area contributed by atoms with Gasteiger partial charge in [0.25, 0.3) is 5.91 Å². The molecule has 0 saturated carbocycles. The Morgan fingerprint density at radius 1 is 1.28 bits per heavy atom. The molecule has 2 atom stereocenters. The molecule has 1 spiro atoms. The van der Waals surface area contributed by atoms with Crippen LogP contribution in [0.25, 0.3) is 0 Å². The van der Waals surface area contributed by atoms with E-state index in [2.05, 4.69) is 15.0 Å². The lowest BCUT2D eigenvalue weighted by atomic mass is 9.82. The molecule has 138 valence electrons. The molecule has 2 unspecified atom stereocenters. The third-order valence-corrected chi connectivity index (χ3v) is 6.19. The molecule has 0 radical (unpaired) electrons. The van der Waals surface area contributed by atoms with Gasteiger partial charge in [-0.25, -0.2) is 0 Å². The van der Waals surface area contributed by atoms with Gasteiger partial charge in [-0.1, -0.05) is 11.6 Å². The van der Waals surface area contributed by atoms with Gasteiger partial charge in [0, 0.05) is 43.8 Å². The Balaban J connectivity index is 1.41. The zero-order valence-electron chi connectivity index (χ0n) is 15.2. The fourth-order valence-corrected chi connectivity index (χ4v) is 4.73. The molecular formula is C19H29N3O3. The van der Waals surface area contributed by atoms with E-state index in [4.69, 9.17) is 9.26 Å². The average Bonchev–Trinajstić information content (AvgIpc) is 3.31. The van der Waals surface area contributed by atoms with Crippen LogP contribution in [0.4, 0.5) is 0 Å². The van der Waals surface area contributed by atoms with Crippen LogP contribution in [0.1, 0.15) is 49.8 Å². The SMILES string of the molecule is Cc1nocc1CN1CCC2(CCCCN(C(=O)C3CCCO3)C2)C1. The summed E-state index contributed by atoms with van der Waals surface area (Å²) < 4.78 is 10.7. The van der Waals surface area contributed by atoms with E-state index in [-0.39, 0.29) is 17.4 Å². The predicted octanol–water partition coefficient (Wildman–Crippen LogP) is 2.37. The third-order valence-electron chi connectivity index (χ3n) is 6.19. The lowest BCUT2D eigenvalue weighted by Gasteiger charge is -2.34. The first-order chi connectivity index (χ1) is 12.2. The number of nitrogens with zero attached hydrogens (tertiary/aromatic N) is 3. The minimum Gasteiger partial charge on any atom is -0.368 e. The molecule has 1 aromatic rings. The summed E-state index contributed by atoms with van der Waals surface area (Å²) in [4.78, 5) is 17.5. The van der Waals surface area contributed by atoms with Crippen LogP contribution in [-0.4, -0.2) is 59.8 Å². The number of likely N-dealkylation sites (tertiary alicyclic amines) is 2. The zero-order chi connectivity index (χ0) is 17.3. The van der Waals surface area contributed by atoms with Gasteiger partial charge in [0.1, 0.15) is 12.4 Å². The maximum absolute atomic E-state index is 12.8. The van der Waals surface area contributed by atoms with Crippen LogP contribution in [0, 0.1) is 12.3 Å². The number of aromatic nitrogens is 1. The van der Waals surface area contributed by atoms with Crippen molar-refractivity contribution >= 4 is 5.91 Å². The Morgan fingerprint density at radius 3 is 2.96 bits per heavy atom. The van der Waals surface area contributed by atoms with Crippen molar-refractivity contribution in [3.8, 4) is 0 Å². The molecule has 3 aliphatic heterocycles. The number of ether oxygens (including phenoxy) is 1. The minimum atomic E-state index is -0.188. The molecule has 0 N–H and O–H groups in total. The molecular weight excluding hydrogens is 318 g/mol. The van der Waals surface area contributed by atoms with Crippen molar-refractivity contribution in [1.82, 2.24) is 15.0 Å². The topological polar surface area (TPSA) is 58.8 Å². The molecule has 3 aliphatic rings. The van der Waals surface area contributed by atoms with Gasteiger partial charge in [0.2, 0.25) is 0 Å². The van der Waals surface area contributed by atoms with Crippen molar-refractivity contribution in [3.63, 3.8) is 0 Å². The lowest BCUT2D eigenvalue weighted by Crippen LogP contribution is -2.45. The Bertz CT molecular complexity index is 611. The largest absolute Gasteiger partial charge is 0.368 e. The van der Waals surface area contributed by atoms with Gasteiger partial charge >= 0.3 is 0 Å². The van der Waals surface area contributed by atoms with Crippen molar-refractivity contribution < 1.29 is 14.1 Å². The fourth-order valence-electron chi connectivity index (χ4n) is 4.73. The highest BCUT2D eigenvalue weighted by Crippen LogP contribution is 2.39.